The van der Waals surface area contributed by atoms with Crippen LogP contribution in [0.25, 0.3) is 11.1 Å². The van der Waals surface area contributed by atoms with Crippen molar-refractivity contribution >= 4 is 0 Å². The van der Waals surface area contributed by atoms with E-state index < -0.39 is 0 Å². The largest absolute Gasteiger partial charge is 0.367 e. The monoisotopic (exact) mass is 233 g/mol. The van der Waals surface area contributed by atoms with E-state index in [9.17, 15) is 9.18 Å². The lowest BCUT2D eigenvalue weighted by Crippen LogP contribution is -2.08. The van der Waals surface area contributed by atoms with Crippen LogP contribution in [0.3, 0.4) is 0 Å². The third kappa shape index (κ3) is 3.03. The Balaban J connectivity index is 0.000000686. The van der Waals surface area contributed by atoms with Crippen LogP contribution in [0.4, 0.5) is 4.39 Å². The number of aromatic amines is 1. The molecule has 0 aliphatic carbocycles. The summed E-state index contributed by atoms with van der Waals surface area (Å²) in [6.07, 6.45) is 3.28. The molecule has 0 aliphatic rings. The van der Waals surface area contributed by atoms with Crippen LogP contribution in [0.1, 0.15) is 19.4 Å². The Kier molecular flexibility index (Phi) is 4.64. The molecule has 2 rings (SSSR count). The molecule has 1 aromatic heterocycles. The Morgan fingerprint density at radius 2 is 1.65 bits per heavy atom. The number of H-pyrrole nitrogens is 1. The van der Waals surface area contributed by atoms with Gasteiger partial charge in [0, 0.05) is 23.5 Å². The molecule has 1 heterocycles. The van der Waals surface area contributed by atoms with E-state index in [0.29, 0.717) is 11.1 Å². The highest BCUT2D eigenvalue weighted by Gasteiger charge is 2.04. The van der Waals surface area contributed by atoms with E-state index in [1.165, 1.54) is 12.1 Å². The van der Waals surface area contributed by atoms with Crippen LogP contribution in [-0.4, -0.2) is 4.98 Å². The van der Waals surface area contributed by atoms with Crippen LogP contribution in [0.15, 0.2) is 41.5 Å². The second-order valence-electron chi connectivity index (χ2n) is 3.39. The maximum absolute atomic E-state index is 12.7. The van der Waals surface area contributed by atoms with E-state index in [0.717, 1.165) is 5.56 Å². The van der Waals surface area contributed by atoms with E-state index in [1.807, 2.05) is 13.8 Å². The normalized spacial score (nSPS) is 9.41. The molecule has 1 N–H and O–H groups in total. The highest BCUT2D eigenvalue weighted by molar-refractivity contribution is 5.62. The Hall–Kier alpha value is -1.90. The van der Waals surface area contributed by atoms with E-state index >= 15 is 0 Å². The lowest BCUT2D eigenvalue weighted by Gasteiger charge is -2.01. The van der Waals surface area contributed by atoms with Gasteiger partial charge in [-0.25, -0.2) is 4.39 Å². The number of rotatable bonds is 1. The molecule has 0 fully saturated rings. The van der Waals surface area contributed by atoms with E-state index in [4.69, 9.17) is 0 Å². The van der Waals surface area contributed by atoms with Crippen molar-refractivity contribution in [3.05, 3.63) is 58.3 Å². The summed E-state index contributed by atoms with van der Waals surface area (Å²) >= 11 is 0. The number of hydrogen-bond acceptors (Lipinski definition) is 1. The van der Waals surface area contributed by atoms with Gasteiger partial charge in [-0.2, -0.15) is 0 Å². The molecule has 90 valence electrons. The van der Waals surface area contributed by atoms with Gasteiger partial charge in [0.15, 0.2) is 5.43 Å². The van der Waals surface area contributed by atoms with Crippen LogP contribution in [-0.2, 0) is 0 Å². The van der Waals surface area contributed by atoms with Gasteiger partial charge in [0.05, 0.1) is 0 Å². The van der Waals surface area contributed by atoms with Crippen molar-refractivity contribution in [2.75, 3.05) is 0 Å². The summed E-state index contributed by atoms with van der Waals surface area (Å²) in [5.41, 5.74) is 1.91. The topological polar surface area (TPSA) is 32.9 Å². The van der Waals surface area contributed by atoms with Gasteiger partial charge in [0.2, 0.25) is 0 Å². The summed E-state index contributed by atoms with van der Waals surface area (Å²) in [4.78, 5) is 14.6. The fourth-order valence-corrected chi connectivity index (χ4v) is 1.44. The number of aromatic nitrogens is 1. The van der Waals surface area contributed by atoms with Crippen molar-refractivity contribution in [1.82, 2.24) is 4.98 Å². The molecular formula is C14H16FNO. The SMILES string of the molecule is CC.Cc1c[nH]cc(-c2ccc(F)cc2)c1=O. The molecule has 0 bridgehead atoms. The van der Waals surface area contributed by atoms with Crippen LogP contribution >= 0.6 is 0 Å². The number of hydrogen-bond donors (Lipinski definition) is 1. The maximum atomic E-state index is 12.7. The van der Waals surface area contributed by atoms with Crippen molar-refractivity contribution in [2.45, 2.75) is 20.8 Å². The van der Waals surface area contributed by atoms with Crippen LogP contribution in [0.2, 0.25) is 0 Å². The number of halogens is 1. The van der Waals surface area contributed by atoms with E-state index in [2.05, 4.69) is 4.98 Å². The number of benzene rings is 1. The predicted octanol–water partition coefficient (Wildman–Crippen LogP) is 3.52. The third-order valence-electron chi connectivity index (χ3n) is 2.29. The van der Waals surface area contributed by atoms with E-state index in [-0.39, 0.29) is 11.2 Å². The van der Waals surface area contributed by atoms with Gasteiger partial charge < -0.3 is 4.98 Å². The molecule has 0 aliphatic heterocycles. The number of nitrogens with one attached hydrogen (secondary N) is 1. The smallest absolute Gasteiger partial charge is 0.192 e. The minimum absolute atomic E-state index is 0.0274. The molecule has 17 heavy (non-hydrogen) atoms. The zero-order valence-electron chi connectivity index (χ0n) is 10.3. The van der Waals surface area contributed by atoms with Gasteiger partial charge in [-0.05, 0) is 24.6 Å². The van der Waals surface area contributed by atoms with Crippen molar-refractivity contribution in [1.29, 1.82) is 0 Å². The molecule has 2 nitrogen and oxygen atoms in total. The fourth-order valence-electron chi connectivity index (χ4n) is 1.44. The summed E-state index contributed by atoms with van der Waals surface area (Å²) in [6, 6.07) is 5.88. The molecule has 0 atom stereocenters. The molecule has 2 aromatic rings. The molecular weight excluding hydrogens is 217 g/mol. The number of aryl methyl sites for hydroxylation is 1. The van der Waals surface area contributed by atoms with Gasteiger partial charge in [-0.1, -0.05) is 26.0 Å². The average Bonchev–Trinajstić information content (AvgIpc) is 2.37. The average molecular weight is 233 g/mol. The molecule has 1 aromatic carbocycles. The maximum Gasteiger partial charge on any atom is 0.192 e. The summed E-state index contributed by atoms with van der Waals surface area (Å²) in [5.74, 6) is -0.303. The van der Waals surface area contributed by atoms with Crippen molar-refractivity contribution in [2.24, 2.45) is 0 Å². The summed E-state index contributed by atoms with van der Waals surface area (Å²) in [6.45, 7) is 5.74. The zero-order chi connectivity index (χ0) is 12.8. The summed E-state index contributed by atoms with van der Waals surface area (Å²) < 4.78 is 12.7. The van der Waals surface area contributed by atoms with E-state index in [1.54, 1.807) is 31.5 Å². The van der Waals surface area contributed by atoms with Crippen molar-refractivity contribution in [3.8, 4) is 11.1 Å². The van der Waals surface area contributed by atoms with Gasteiger partial charge in [-0.3, -0.25) is 4.79 Å². The quantitative estimate of drug-likeness (QED) is 0.803. The Morgan fingerprint density at radius 3 is 2.24 bits per heavy atom. The number of pyridine rings is 1. The fraction of sp³-hybridized carbons (Fsp3) is 0.214. The molecule has 0 spiro atoms. The van der Waals surface area contributed by atoms with Gasteiger partial charge in [0.1, 0.15) is 5.82 Å². The lowest BCUT2D eigenvalue weighted by molar-refractivity contribution is 0.628. The minimum atomic E-state index is -0.303. The molecule has 0 radical (unpaired) electrons. The first-order valence-electron chi connectivity index (χ1n) is 5.62. The molecule has 0 saturated heterocycles. The zero-order valence-corrected chi connectivity index (χ0v) is 10.3. The first kappa shape index (κ1) is 13.2. The Morgan fingerprint density at radius 1 is 1.06 bits per heavy atom. The lowest BCUT2D eigenvalue weighted by atomic mass is 10.1. The highest BCUT2D eigenvalue weighted by Crippen LogP contribution is 2.15. The standard InChI is InChI=1S/C12H10FNO.C2H6/c1-8-6-14-7-11(12(8)15)9-2-4-10(13)5-3-9;1-2/h2-7H,1H3,(H,14,15);1-2H3. The van der Waals surface area contributed by atoms with Crippen LogP contribution in [0.5, 0.6) is 0 Å². The van der Waals surface area contributed by atoms with Crippen molar-refractivity contribution < 1.29 is 4.39 Å². The van der Waals surface area contributed by atoms with Crippen LogP contribution in [0, 0.1) is 12.7 Å². The minimum Gasteiger partial charge on any atom is -0.367 e. The van der Waals surface area contributed by atoms with Gasteiger partial charge in [0.25, 0.3) is 0 Å². The van der Waals surface area contributed by atoms with Gasteiger partial charge >= 0.3 is 0 Å². The molecule has 0 saturated carbocycles. The Labute approximate surface area is 100 Å². The second kappa shape index (κ2) is 5.99. The Bertz CT molecular complexity index is 529. The first-order valence-corrected chi connectivity index (χ1v) is 5.62. The first-order chi connectivity index (χ1) is 8.18. The predicted molar refractivity (Wildman–Crippen MR) is 68.5 cm³/mol. The second-order valence-corrected chi connectivity index (χ2v) is 3.39. The van der Waals surface area contributed by atoms with Crippen LogP contribution < -0.4 is 5.43 Å². The third-order valence-corrected chi connectivity index (χ3v) is 2.29. The summed E-state index contributed by atoms with van der Waals surface area (Å²) in [7, 11) is 0. The van der Waals surface area contributed by atoms with Crippen molar-refractivity contribution in [3.63, 3.8) is 0 Å². The molecule has 0 amide bonds. The molecule has 0 unspecified atom stereocenters. The summed E-state index contributed by atoms with van der Waals surface area (Å²) in [5, 5.41) is 0. The molecule has 3 heteroatoms. The highest BCUT2D eigenvalue weighted by atomic mass is 19.1. The van der Waals surface area contributed by atoms with Gasteiger partial charge in [-0.15, -0.1) is 0 Å².